The molecule has 0 radical (unpaired) electrons. The van der Waals surface area contributed by atoms with Gasteiger partial charge in [0.2, 0.25) is 5.91 Å². The van der Waals surface area contributed by atoms with Crippen molar-refractivity contribution in [2.45, 2.75) is 45.2 Å². The van der Waals surface area contributed by atoms with E-state index in [-0.39, 0.29) is 6.61 Å². The molecule has 0 fully saturated rings. The summed E-state index contributed by atoms with van der Waals surface area (Å²) in [7, 11) is 0. The van der Waals surface area contributed by atoms with Crippen molar-refractivity contribution < 1.29 is 24.2 Å². The van der Waals surface area contributed by atoms with Crippen LogP contribution in [0.3, 0.4) is 0 Å². The number of ether oxygens (including phenoxy) is 1. The molecule has 0 aromatic carbocycles. The van der Waals surface area contributed by atoms with Crippen LogP contribution in [-0.4, -0.2) is 41.6 Å². The molecule has 7 heteroatoms. The van der Waals surface area contributed by atoms with E-state index in [0.717, 1.165) is 6.42 Å². The number of rotatable bonds is 8. The molecule has 18 heavy (non-hydrogen) atoms. The molecular weight excluding hydrogens is 240 g/mol. The minimum Gasteiger partial charge on any atom is -0.480 e. The zero-order valence-corrected chi connectivity index (χ0v) is 10.6. The summed E-state index contributed by atoms with van der Waals surface area (Å²) in [6.07, 6.45) is 1.77. The number of aliphatic carboxylic acids is 1. The number of hydrogen-bond donors (Lipinski definition) is 3. The number of amides is 1. The minimum absolute atomic E-state index is 0.109. The number of nitrogens with one attached hydrogen (secondary N) is 1. The largest absolute Gasteiger partial charge is 0.480 e. The van der Waals surface area contributed by atoms with E-state index in [1.165, 1.54) is 0 Å². The van der Waals surface area contributed by atoms with E-state index in [1.807, 2.05) is 6.92 Å². The summed E-state index contributed by atoms with van der Waals surface area (Å²) in [4.78, 5) is 33.6. The van der Waals surface area contributed by atoms with Crippen LogP contribution >= 0.6 is 0 Å². The van der Waals surface area contributed by atoms with Crippen LogP contribution in [0, 0.1) is 0 Å². The lowest BCUT2D eigenvalue weighted by atomic mass is 10.1. The molecule has 0 saturated carbocycles. The first-order valence-corrected chi connectivity index (χ1v) is 5.89. The van der Waals surface area contributed by atoms with Gasteiger partial charge in [0.15, 0.2) is 6.04 Å². The second-order valence-corrected chi connectivity index (χ2v) is 3.77. The van der Waals surface area contributed by atoms with Gasteiger partial charge in [-0.1, -0.05) is 19.8 Å². The SMILES string of the molecule is CCCC[C@H](NC(=O)C(N)C(=O)OCC)C(=O)O. The highest BCUT2D eigenvalue weighted by Crippen LogP contribution is 2.01. The Balaban J connectivity index is 4.40. The molecular formula is C11H20N2O5. The molecule has 0 rings (SSSR count). The van der Waals surface area contributed by atoms with Crippen LogP contribution in [-0.2, 0) is 19.1 Å². The monoisotopic (exact) mass is 260 g/mol. The molecule has 0 aliphatic heterocycles. The third-order valence-electron chi connectivity index (χ3n) is 2.28. The van der Waals surface area contributed by atoms with Crippen LogP contribution < -0.4 is 11.1 Å². The van der Waals surface area contributed by atoms with Crippen molar-refractivity contribution in [3.05, 3.63) is 0 Å². The van der Waals surface area contributed by atoms with Crippen molar-refractivity contribution in [2.75, 3.05) is 6.61 Å². The molecule has 0 spiro atoms. The van der Waals surface area contributed by atoms with Crippen LogP contribution in [0.2, 0.25) is 0 Å². The molecule has 1 unspecified atom stereocenters. The van der Waals surface area contributed by atoms with Gasteiger partial charge in [0.25, 0.3) is 0 Å². The van der Waals surface area contributed by atoms with Crippen molar-refractivity contribution in [3.63, 3.8) is 0 Å². The van der Waals surface area contributed by atoms with Gasteiger partial charge >= 0.3 is 11.9 Å². The van der Waals surface area contributed by atoms with E-state index in [1.54, 1.807) is 6.92 Å². The van der Waals surface area contributed by atoms with Gasteiger partial charge in [-0.25, -0.2) is 9.59 Å². The van der Waals surface area contributed by atoms with Crippen LogP contribution in [0.25, 0.3) is 0 Å². The van der Waals surface area contributed by atoms with Crippen molar-refractivity contribution in [1.29, 1.82) is 0 Å². The third kappa shape index (κ3) is 5.62. The second kappa shape index (κ2) is 8.46. The Morgan fingerprint density at radius 2 is 1.94 bits per heavy atom. The van der Waals surface area contributed by atoms with Crippen molar-refractivity contribution in [2.24, 2.45) is 5.73 Å². The lowest BCUT2D eigenvalue weighted by Gasteiger charge is -2.16. The van der Waals surface area contributed by atoms with Gasteiger partial charge in [-0.15, -0.1) is 0 Å². The number of carboxylic acid groups (broad SMARTS) is 1. The molecule has 0 aromatic rings. The summed E-state index contributed by atoms with van der Waals surface area (Å²) in [5.74, 6) is -2.85. The van der Waals surface area contributed by atoms with Gasteiger partial charge in [0.1, 0.15) is 6.04 Å². The van der Waals surface area contributed by atoms with Crippen molar-refractivity contribution in [1.82, 2.24) is 5.32 Å². The van der Waals surface area contributed by atoms with E-state index >= 15 is 0 Å². The maximum Gasteiger partial charge on any atom is 0.332 e. The molecule has 1 amide bonds. The van der Waals surface area contributed by atoms with Crippen LogP contribution in [0.4, 0.5) is 0 Å². The summed E-state index contributed by atoms with van der Waals surface area (Å²) in [6, 6.07) is -2.52. The number of esters is 1. The number of carbonyl (C=O) groups is 3. The predicted molar refractivity (Wildman–Crippen MR) is 63.7 cm³/mol. The van der Waals surface area contributed by atoms with Gasteiger partial charge in [0, 0.05) is 0 Å². The fourth-order valence-electron chi connectivity index (χ4n) is 1.27. The Morgan fingerprint density at radius 3 is 2.39 bits per heavy atom. The standard InChI is InChI=1S/C11H20N2O5/c1-3-5-6-7(10(15)16)13-9(14)8(12)11(17)18-4-2/h7-8H,3-6,12H2,1-2H3,(H,13,14)(H,15,16)/t7-,8?/m0/s1. The first-order valence-electron chi connectivity index (χ1n) is 5.89. The molecule has 0 saturated heterocycles. The molecule has 0 bridgehead atoms. The van der Waals surface area contributed by atoms with Gasteiger partial charge < -0.3 is 20.9 Å². The predicted octanol–water partition coefficient (Wildman–Crippen LogP) is -0.364. The molecule has 0 aliphatic rings. The first-order chi connectivity index (χ1) is 8.43. The summed E-state index contributed by atoms with van der Waals surface area (Å²) >= 11 is 0. The summed E-state index contributed by atoms with van der Waals surface area (Å²) in [6.45, 7) is 3.60. The van der Waals surface area contributed by atoms with Gasteiger partial charge in [-0.3, -0.25) is 4.79 Å². The van der Waals surface area contributed by atoms with Crippen LogP contribution in [0.15, 0.2) is 0 Å². The highest BCUT2D eigenvalue weighted by atomic mass is 16.5. The smallest absolute Gasteiger partial charge is 0.332 e. The fourth-order valence-corrected chi connectivity index (χ4v) is 1.27. The lowest BCUT2D eigenvalue weighted by Crippen LogP contribution is -2.52. The quantitative estimate of drug-likeness (QED) is 0.405. The number of hydrogen-bond acceptors (Lipinski definition) is 5. The number of carboxylic acids is 1. The van der Waals surface area contributed by atoms with Crippen LogP contribution in [0.1, 0.15) is 33.1 Å². The first kappa shape index (κ1) is 16.4. The highest BCUT2D eigenvalue weighted by Gasteiger charge is 2.27. The number of unbranched alkanes of at least 4 members (excludes halogenated alkanes) is 1. The minimum atomic E-state index is -1.49. The van der Waals surface area contributed by atoms with Crippen LogP contribution in [0.5, 0.6) is 0 Å². The lowest BCUT2D eigenvalue weighted by molar-refractivity contribution is -0.150. The Kier molecular flexibility index (Phi) is 7.69. The molecule has 0 heterocycles. The maximum absolute atomic E-state index is 11.5. The Labute approximate surface area is 106 Å². The fraction of sp³-hybridized carbons (Fsp3) is 0.727. The van der Waals surface area contributed by atoms with Crippen molar-refractivity contribution in [3.8, 4) is 0 Å². The van der Waals surface area contributed by atoms with E-state index in [9.17, 15) is 14.4 Å². The molecule has 104 valence electrons. The number of carbonyl (C=O) groups excluding carboxylic acids is 2. The Hall–Kier alpha value is -1.63. The number of nitrogens with two attached hydrogens (primary N) is 1. The van der Waals surface area contributed by atoms with E-state index in [2.05, 4.69) is 10.1 Å². The Morgan fingerprint density at radius 1 is 1.33 bits per heavy atom. The average molecular weight is 260 g/mol. The van der Waals surface area contributed by atoms with E-state index in [0.29, 0.717) is 12.8 Å². The van der Waals surface area contributed by atoms with Gasteiger partial charge in [-0.05, 0) is 13.3 Å². The third-order valence-corrected chi connectivity index (χ3v) is 2.28. The summed E-state index contributed by atoms with van der Waals surface area (Å²) < 4.78 is 4.58. The molecule has 2 atom stereocenters. The molecule has 0 aliphatic carbocycles. The molecule has 4 N–H and O–H groups in total. The van der Waals surface area contributed by atoms with Gasteiger partial charge in [-0.2, -0.15) is 0 Å². The zero-order chi connectivity index (χ0) is 14.1. The Bertz CT molecular complexity index is 306. The topological polar surface area (TPSA) is 119 Å². The van der Waals surface area contributed by atoms with E-state index in [4.69, 9.17) is 10.8 Å². The molecule has 0 aromatic heterocycles. The zero-order valence-electron chi connectivity index (χ0n) is 10.6. The second-order valence-electron chi connectivity index (χ2n) is 3.77. The normalized spacial score (nSPS) is 13.5. The van der Waals surface area contributed by atoms with Crippen molar-refractivity contribution >= 4 is 17.8 Å². The maximum atomic E-state index is 11.5. The highest BCUT2D eigenvalue weighted by molar-refractivity contribution is 6.02. The van der Waals surface area contributed by atoms with Gasteiger partial charge in [0.05, 0.1) is 6.61 Å². The summed E-state index contributed by atoms with van der Waals surface area (Å²) in [5, 5.41) is 11.1. The molecule has 7 nitrogen and oxygen atoms in total. The summed E-state index contributed by atoms with van der Waals surface area (Å²) in [5.41, 5.74) is 5.34. The average Bonchev–Trinajstić information content (AvgIpc) is 2.33. The van der Waals surface area contributed by atoms with E-state index < -0.39 is 29.9 Å².